The lowest BCUT2D eigenvalue weighted by molar-refractivity contribution is -0.116. The lowest BCUT2D eigenvalue weighted by Gasteiger charge is -2.10. The molecule has 0 saturated heterocycles. The molecule has 0 spiro atoms. The number of carbonyl (C=O) groups excluding carboxylic acids is 2. The van der Waals surface area contributed by atoms with Gasteiger partial charge < -0.3 is 21.3 Å². The summed E-state index contributed by atoms with van der Waals surface area (Å²) in [6.45, 7) is 1.14. The molecule has 0 aliphatic rings. The van der Waals surface area contributed by atoms with Crippen molar-refractivity contribution in [2.24, 2.45) is 0 Å². The molecule has 2 aromatic rings. The van der Waals surface area contributed by atoms with Crippen molar-refractivity contribution >= 4 is 47.3 Å². The van der Waals surface area contributed by atoms with Crippen molar-refractivity contribution in [1.29, 1.82) is 0 Å². The number of hydrogen-bond acceptors (Lipinski definition) is 3. The van der Waals surface area contributed by atoms with Crippen LogP contribution in [0, 0.1) is 0 Å². The number of nitrogens with one attached hydrogen (secondary N) is 4. The van der Waals surface area contributed by atoms with Crippen LogP contribution < -0.4 is 21.3 Å². The van der Waals surface area contributed by atoms with Gasteiger partial charge >= 0.3 is 6.03 Å². The van der Waals surface area contributed by atoms with Crippen LogP contribution in [0.4, 0.5) is 16.2 Å². The van der Waals surface area contributed by atoms with Crippen LogP contribution >= 0.6 is 24.0 Å². The van der Waals surface area contributed by atoms with Gasteiger partial charge in [-0.2, -0.15) is 0 Å². The number of halogens is 2. The van der Waals surface area contributed by atoms with Gasteiger partial charge in [0.1, 0.15) is 0 Å². The Morgan fingerprint density at radius 1 is 1.04 bits per heavy atom. The predicted octanol–water partition coefficient (Wildman–Crippen LogP) is 4.02. The highest BCUT2D eigenvalue weighted by molar-refractivity contribution is 6.33. The Morgan fingerprint density at radius 2 is 1.81 bits per heavy atom. The van der Waals surface area contributed by atoms with E-state index >= 15 is 0 Å². The van der Waals surface area contributed by atoms with Gasteiger partial charge in [-0.05, 0) is 49.8 Å². The minimum atomic E-state index is -0.348. The quantitative estimate of drug-likeness (QED) is 0.495. The van der Waals surface area contributed by atoms with Crippen molar-refractivity contribution in [1.82, 2.24) is 10.6 Å². The number of anilines is 2. The van der Waals surface area contributed by atoms with E-state index < -0.39 is 0 Å². The van der Waals surface area contributed by atoms with Crippen LogP contribution in [0.15, 0.2) is 48.5 Å². The molecule has 0 unspecified atom stereocenters. The summed E-state index contributed by atoms with van der Waals surface area (Å²) in [5, 5.41) is 11.8. The molecule has 3 amide bonds. The minimum absolute atomic E-state index is 0. The molecule has 0 saturated carbocycles. The van der Waals surface area contributed by atoms with Crippen molar-refractivity contribution in [3.8, 4) is 0 Å². The SMILES string of the molecule is CNCCCC(=O)Nc1cccc(CNC(=O)Nc2ccccc2Cl)c1.Cl. The Balaban J connectivity index is 0.00000364. The molecule has 27 heavy (non-hydrogen) atoms. The molecule has 6 nitrogen and oxygen atoms in total. The van der Waals surface area contributed by atoms with Crippen LogP contribution in [-0.4, -0.2) is 25.5 Å². The first-order chi connectivity index (χ1) is 12.6. The summed E-state index contributed by atoms with van der Waals surface area (Å²) in [4.78, 5) is 23.9. The first-order valence-electron chi connectivity index (χ1n) is 8.41. The summed E-state index contributed by atoms with van der Waals surface area (Å²) < 4.78 is 0. The van der Waals surface area contributed by atoms with Crippen LogP contribution in [0.25, 0.3) is 0 Å². The van der Waals surface area contributed by atoms with Crippen LogP contribution in [0.5, 0.6) is 0 Å². The molecule has 2 aromatic carbocycles. The highest BCUT2D eigenvalue weighted by Gasteiger charge is 2.06. The van der Waals surface area contributed by atoms with Gasteiger partial charge in [0.2, 0.25) is 5.91 Å². The topological polar surface area (TPSA) is 82.3 Å². The first kappa shape index (κ1) is 22.8. The third-order valence-corrected chi connectivity index (χ3v) is 3.95. The van der Waals surface area contributed by atoms with Crippen LogP contribution in [0.3, 0.4) is 0 Å². The molecule has 0 atom stereocenters. The van der Waals surface area contributed by atoms with E-state index in [4.69, 9.17) is 11.6 Å². The molecule has 0 heterocycles. The Labute approximate surface area is 170 Å². The number of rotatable bonds is 8. The number of para-hydroxylation sites is 1. The van der Waals surface area contributed by atoms with Gasteiger partial charge in [-0.25, -0.2) is 4.79 Å². The number of benzene rings is 2. The molecular weight excluding hydrogens is 387 g/mol. The lowest BCUT2D eigenvalue weighted by Crippen LogP contribution is -2.28. The van der Waals surface area contributed by atoms with Gasteiger partial charge in [0.05, 0.1) is 10.7 Å². The highest BCUT2D eigenvalue weighted by atomic mass is 35.5. The van der Waals surface area contributed by atoms with E-state index in [1.807, 2.05) is 31.3 Å². The van der Waals surface area contributed by atoms with Crippen molar-refractivity contribution < 1.29 is 9.59 Å². The summed E-state index contributed by atoms with van der Waals surface area (Å²) in [5.41, 5.74) is 2.15. The van der Waals surface area contributed by atoms with Crippen molar-refractivity contribution in [3.63, 3.8) is 0 Å². The van der Waals surface area contributed by atoms with E-state index in [2.05, 4.69) is 21.3 Å². The summed E-state index contributed by atoms with van der Waals surface area (Å²) in [5.74, 6) is -0.0261. The van der Waals surface area contributed by atoms with Gasteiger partial charge in [-0.3, -0.25) is 4.79 Å². The van der Waals surface area contributed by atoms with Crippen LogP contribution in [-0.2, 0) is 11.3 Å². The Bertz CT molecular complexity index is 756. The van der Waals surface area contributed by atoms with E-state index in [0.717, 1.165) is 18.5 Å². The Kier molecular flexibility index (Phi) is 10.3. The van der Waals surface area contributed by atoms with Gasteiger partial charge in [-0.15, -0.1) is 12.4 Å². The largest absolute Gasteiger partial charge is 0.334 e. The standard InChI is InChI=1S/C19H23ClN4O2.ClH/c1-21-11-5-10-18(25)23-15-7-4-6-14(12-15)13-22-19(26)24-17-9-3-2-8-16(17)20;/h2-4,6-9,12,21H,5,10-11,13H2,1H3,(H,23,25)(H2,22,24,26);1H. The normalized spacial score (nSPS) is 9.85. The van der Waals surface area contributed by atoms with Crippen molar-refractivity contribution in [3.05, 3.63) is 59.1 Å². The first-order valence-corrected chi connectivity index (χ1v) is 8.79. The molecule has 146 valence electrons. The summed E-state index contributed by atoms with van der Waals surface area (Å²) in [7, 11) is 1.86. The predicted molar refractivity (Wildman–Crippen MR) is 113 cm³/mol. The van der Waals surface area contributed by atoms with Gasteiger partial charge in [0.15, 0.2) is 0 Å². The van der Waals surface area contributed by atoms with Gasteiger partial charge in [-0.1, -0.05) is 35.9 Å². The number of amides is 3. The van der Waals surface area contributed by atoms with Crippen molar-refractivity contribution in [2.45, 2.75) is 19.4 Å². The number of urea groups is 1. The molecule has 0 radical (unpaired) electrons. The molecule has 0 bridgehead atoms. The van der Waals surface area contributed by atoms with E-state index in [9.17, 15) is 9.59 Å². The second kappa shape index (κ2) is 12.2. The zero-order valence-electron chi connectivity index (χ0n) is 15.0. The molecule has 0 aliphatic heterocycles. The Hall–Kier alpha value is -2.28. The maximum Gasteiger partial charge on any atom is 0.319 e. The molecule has 2 rings (SSSR count). The average Bonchev–Trinajstić information content (AvgIpc) is 2.62. The fourth-order valence-corrected chi connectivity index (χ4v) is 2.50. The monoisotopic (exact) mass is 410 g/mol. The third-order valence-electron chi connectivity index (χ3n) is 3.62. The Morgan fingerprint density at radius 3 is 2.56 bits per heavy atom. The zero-order chi connectivity index (χ0) is 18.8. The fraction of sp³-hybridized carbons (Fsp3) is 0.263. The smallest absolute Gasteiger partial charge is 0.319 e. The molecule has 0 aromatic heterocycles. The molecule has 8 heteroatoms. The lowest BCUT2D eigenvalue weighted by atomic mass is 10.2. The molecule has 0 fully saturated rings. The zero-order valence-corrected chi connectivity index (χ0v) is 16.6. The van der Waals surface area contributed by atoms with E-state index in [-0.39, 0.29) is 24.3 Å². The molecular formula is C19H24Cl2N4O2. The highest BCUT2D eigenvalue weighted by Crippen LogP contribution is 2.20. The molecule has 0 aliphatic carbocycles. The van der Waals surface area contributed by atoms with Crippen molar-refractivity contribution in [2.75, 3.05) is 24.2 Å². The maximum absolute atomic E-state index is 12.0. The fourth-order valence-electron chi connectivity index (χ4n) is 2.32. The number of carbonyl (C=O) groups is 2. The van der Waals surface area contributed by atoms with Gasteiger partial charge in [0.25, 0.3) is 0 Å². The second-order valence-corrected chi connectivity index (χ2v) is 6.15. The second-order valence-electron chi connectivity index (χ2n) is 5.74. The van der Waals surface area contributed by atoms with E-state index in [1.165, 1.54) is 0 Å². The summed E-state index contributed by atoms with van der Waals surface area (Å²) in [6.07, 6.45) is 1.25. The van der Waals surface area contributed by atoms with E-state index in [0.29, 0.717) is 29.4 Å². The average molecular weight is 411 g/mol. The summed E-state index contributed by atoms with van der Waals surface area (Å²) >= 11 is 6.01. The minimum Gasteiger partial charge on any atom is -0.334 e. The van der Waals surface area contributed by atoms with E-state index in [1.54, 1.807) is 24.3 Å². The van der Waals surface area contributed by atoms with Gasteiger partial charge in [0, 0.05) is 18.7 Å². The number of hydrogen-bond donors (Lipinski definition) is 4. The molecule has 4 N–H and O–H groups in total. The maximum atomic E-state index is 12.0. The third kappa shape index (κ3) is 8.30. The van der Waals surface area contributed by atoms with Crippen LogP contribution in [0.2, 0.25) is 5.02 Å². The summed E-state index contributed by atoms with van der Waals surface area (Å²) in [6, 6.07) is 14.1. The van der Waals surface area contributed by atoms with Crippen LogP contribution in [0.1, 0.15) is 18.4 Å².